The summed E-state index contributed by atoms with van der Waals surface area (Å²) < 4.78 is 0. The van der Waals surface area contributed by atoms with Crippen LogP contribution in [0.3, 0.4) is 0 Å². The van der Waals surface area contributed by atoms with Crippen molar-refractivity contribution in [2.75, 3.05) is 25.5 Å². The Kier molecular flexibility index (Phi) is 4.77. The molecule has 1 amide bonds. The first kappa shape index (κ1) is 15.8. The molecular formula is C20H24N2O. The first-order chi connectivity index (χ1) is 11.2. The van der Waals surface area contributed by atoms with E-state index in [1.165, 1.54) is 11.1 Å². The molecule has 0 unspecified atom stereocenters. The molecule has 0 atom stereocenters. The lowest BCUT2D eigenvalue weighted by atomic mass is 10.0. The van der Waals surface area contributed by atoms with Gasteiger partial charge in [-0.15, -0.1) is 0 Å². The highest BCUT2D eigenvalue weighted by molar-refractivity contribution is 6.02. The van der Waals surface area contributed by atoms with Gasteiger partial charge in [-0.25, -0.2) is 0 Å². The Morgan fingerprint density at radius 3 is 2.00 bits per heavy atom. The predicted octanol–water partition coefficient (Wildman–Crippen LogP) is 3.79. The van der Waals surface area contributed by atoms with E-state index in [1.54, 1.807) is 0 Å². The van der Waals surface area contributed by atoms with Gasteiger partial charge in [-0.1, -0.05) is 36.4 Å². The van der Waals surface area contributed by atoms with Gasteiger partial charge < -0.3 is 4.90 Å². The Balaban J connectivity index is 1.95. The van der Waals surface area contributed by atoms with Gasteiger partial charge in [0.1, 0.15) is 0 Å². The molecule has 0 spiro atoms. The lowest BCUT2D eigenvalue weighted by Gasteiger charge is -2.25. The molecule has 1 heterocycles. The molecule has 120 valence electrons. The first-order valence-electron chi connectivity index (χ1n) is 8.30. The third kappa shape index (κ3) is 3.45. The molecular weight excluding hydrogens is 284 g/mol. The molecule has 2 aromatic rings. The number of fused-ring (bicyclic) bond motifs is 2. The normalized spacial score (nSPS) is 13.4. The molecule has 23 heavy (non-hydrogen) atoms. The molecule has 0 radical (unpaired) electrons. The fourth-order valence-corrected chi connectivity index (χ4v) is 3.21. The van der Waals surface area contributed by atoms with Crippen molar-refractivity contribution >= 4 is 17.3 Å². The van der Waals surface area contributed by atoms with Gasteiger partial charge in [0, 0.05) is 6.42 Å². The van der Waals surface area contributed by atoms with Crippen LogP contribution in [0.5, 0.6) is 0 Å². The van der Waals surface area contributed by atoms with Crippen molar-refractivity contribution in [1.29, 1.82) is 0 Å². The zero-order valence-electron chi connectivity index (χ0n) is 14.0. The molecule has 0 saturated carbocycles. The van der Waals surface area contributed by atoms with Crippen LogP contribution in [0.4, 0.5) is 11.4 Å². The Morgan fingerprint density at radius 2 is 1.48 bits per heavy atom. The van der Waals surface area contributed by atoms with E-state index in [4.69, 9.17) is 0 Å². The minimum absolute atomic E-state index is 0.189. The quantitative estimate of drug-likeness (QED) is 0.858. The number of anilines is 2. The van der Waals surface area contributed by atoms with Gasteiger partial charge in [0.05, 0.1) is 11.4 Å². The molecule has 0 bridgehead atoms. The molecule has 0 aromatic heterocycles. The topological polar surface area (TPSA) is 23.6 Å². The summed E-state index contributed by atoms with van der Waals surface area (Å²) in [6, 6.07) is 16.6. The van der Waals surface area contributed by atoms with Crippen molar-refractivity contribution in [3.8, 4) is 0 Å². The maximum absolute atomic E-state index is 13.0. The van der Waals surface area contributed by atoms with Crippen molar-refractivity contribution in [1.82, 2.24) is 4.90 Å². The Morgan fingerprint density at radius 1 is 0.957 bits per heavy atom. The van der Waals surface area contributed by atoms with E-state index in [-0.39, 0.29) is 5.91 Å². The summed E-state index contributed by atoms with van der Waals surface area (Å²) in [6.07, 6.45) is 3.41. The number of benzene rings is 2. The van der Waals surface area contributed by atoms with Crippen LogP contribution in [0.15, 0.2) is 48.5 Å². The van der Waals surface area contributed by atoms with E-state index in [0.29, 0.717) is 6.42 Å². The number of nitrogens with zero attached hydrogens (tertiary/aromatic N) is 2. The molecule has 3 nitrogen and oxygen atoms in total. The second kappa shape index (κ2) is 6.97. The predicted molar refractivity (Wildman–Crippen MR) is 95.2 cm³/mol. The maximum Gasteiger partial charge on any atom is 0.231 e. The van der Waals surface area contributed by atoms with E-state index in [9.17, 15) is 4.79 Å². The van der Waals surface area contributed by atoms with Gasteiger partial charge in [0.25, 0.3) is 0 Å². The molecule has 0 fully saturated rings. The number of rotatable bonds is 4. The Labute approximate surface area is 138 Å². The first-order valence-corrected chi connectivity index (χ1v) is 8.30. The summed E-state index contributed by atoms with van der Waals surface area (Å²) in [5.74, 6) is 0.189. The average molecular weight is 308 g/mol. The molecule has 1 aliphatic heterocycles. The lowest BCUT2D eigenvalue weighted by Crippen LogP contribution is -2.27. The third-order valence-corrected chi connectivity index (χ3v) is 4.37. The Bertz CT molecular complexity index is 646. The number of hydrogen-bond acceptors (Lipinski definition) is 2. The van der Waals surface area contributed by atoms with Crippen molar-refractivity contribution in [2.24, 2.45) is 0 Å². The second-order valence-electron chi connectivity index (χ2n) is 6.39. The van der Waals surface area contributed by atoms with Gasteiger partial charge >= 0.3 is 0 Å². The molecule has 0 saturated heterocycles. The number of hydrogen-bond donors (Lipinski definition) is 0. The summed E-state index contributed by atoms with van der Waals surface area (Å²) in [7, 11) is 4.09. The summed E-state index contributed by atoms with van der Waals surface area (Å²) in [4.78, 5) is 17.0. The second-order valence-corrected chi connectivity index (χ2v) is 6.39. The number of amides is 1. The van der Waals surface area contributed by atoms with Crippen LogP contribution in [-0.4, -0.2) is 31.4 Å². The fraction of sp³-hybridized carbons (Fsp3) is 0.350. The van der Waals surface area contributed by atoms with Gasteiger partial charge in [-0.2, -0.15) is 0 Å². The number of aryl methyl sites for hydroxylation is 2. The van der Waals surface area contributed by atoms with Gasteiger partial charge in [-0.3, -0.25) is 9.69 Å². The maximum atomic E-state index is 13.0. The van der Waals surface area contributed by atoms with E-state index in [1.807, 2.05) is 31.1 Å². The van der Waals surface area contributed by atoms with Crippen molar-refractivity contribution in [2.45, 2.75) is 25.7 Å². The van der Waals surface area contributed by atoms with Crippen LogP contribution in [0.25, 0.3) is 0 Å². The third-order valence-electron chi connectivity index (χ3n) is 4.37. The van der Waals surface area contributed by atoms with Crippen LogP contribution in [0, 0.1) is 0 Å². The SMILES string of the molecule is CN(C)CCCC(=O)N1c2ccccc2CCc2ccccc21. The molecule has 1 aliphatic rings. The monoisotopic (exact) mass is 308 g/mol. The number of carbonyl (C=O) groups excluding carboxylic acids is 1. The smallest absolute Gasteiger partial charge is 0.231 e. The lowest BCUT2D eigenvalue weighted by molar-refractivity contribution is -0.118. The minimum atomic E-state index is 0.189. The van der Waals surface area contributed by atoms with Crippen LogP contribution < -0.4 is 4.90 Å². The van der Waals surface area contributed by atoms with Crippen LogP contribution in [-0.2, 0) is 17.6 Å². The highest BCUT2D eigenvalue weighted by atomic mass is 16.2. The molecule has 3 heteroatoms. The van der Waals surface area contributed by atoms with Crippen molar-refractivity contribution in [3.63, 3.8) is 0 Å². The molecule has 2 aromatic carbocycles. The molecule has 0 N–H and O–H groups in total. The van der Waals surface area contributed by atoms with Crippen LogP contribution in [0.1, 0.15) is 24.0 Å². The standard InChI is InChI=1S/C20H24N2O/c1-21(2)15-7-12-20(23)22-18-10-5-3-8-16(18)13-14-17-9-4-6-11-19(17)22/h3-6,8-11H,7,12-15H2,1-2H3. The zero-order chi connectivity index (χ0) is 16.2. The molecule has 3 rings (SSSR count). The minimum Gasteiger partial charge on any atom is -0.309 e. The summed E-state index contributed by atoms with van der Waals surface area (Å²) >= 11 is 0. The van der Waals surface area contributed by atoms with Crippen LogP contribution in [0.2, 0.25) is 0 Å². The number of para-hydroxylation sites is 2. The highest BCUT2D eigenvalue weighted by Gasteiger charge is 2.24. The largest absolute Gasteiger partial charge is 0.309 e. The van der Waals surface area contributed by atoms with E-state index in [0.717, 1.165) is 37.2 Å². The van der Waals surface area contributed by atoms with E-state index < -0.39 is 0 Å². The summed E-state index contributed by atoms with van der Waals surface area (Å²) in [6.45, 7) is 0.933. The van der Waals surface area contributed by atoms with Gasteiger partial charge in [-0.05, 0) is 63.2 Å². The number of carbonyl (C=O) groups is 1. The van der Waals surface area contributed by atoms with E-state index >= 15 is 0 Å². The van der Waals surface area contributed by atoms with Crippen LogP contribution >= 0.6 is 0 Å². The Hall–Kier alpha value is -2.13. The fourth-order valence-electron chi connectivity index (χ4n) is 3.21. The van der Waals surface area contributed by atoms with E-state index in [2.05, 4.69) is 41.3 Å². The summed E-state index contributed by atoms with van der Waals surface area (Å²) in [5, 5.41) is 0. The highest BCUT2D eigenvalue weighted by Crippen LogP contribution is 2.36. The van der Waals surface area contributed by atoms with Gasteiger partial charge in [0.2, 0.25) is 5.91 Å². The van der Waals surface area contributed by atoms with Crippen molar-refractivity contribution in [3.05, 3.63) is 59.7 Å². The average Bonchev–Trinajstić information content (AvgIpc) is 2.71. The van der Waals surface area contributed by atoms with Gasteiger partial charge in [0.15, 0.2) is 0 Å². The summed E-state index contributed by atoms with van der Waals surface area (Å²) in [5.41, 5.74) is 4.61. The molecule has 0 aliphatic carbocycles. The van der Waals surface area contributed by atoms with Crippen molar-refractivity contribution < 1.29 is 4.79 Å². The zero-order valence-corrected chi connectivity index (χ0v) is 14.0.